The zero-order chi connectivity index (χ0) is 17.3. The zero-order valence-electron chi connectivity index (χ0n) is 13.8. The van der Waals surface area contributed by atoms with Crippen molar-refractivity contribution >= 4 is 40.0 Å². The molecule has 25 heavy (non-hydrogen) atoms. The average Bonchev–Trinajstić information content (AvgIpc) is 2.63. The number of nitrogens with one attached hydrogen (secondary N) is 3. The molecule has 7 nitrogen and oxygen atoms in total. The third-order valence-corrected chi connectivity index (χ3v) is 4.63. The number of nitrogens with zero attached hydrogens (tertiary/aromatic N) is 2. The summed E-state index contributed by atoms with van der Waals surface area (Å²) in [4.78, 5) is 8.55. The fraction of sp³-hybridized carbons (Fsp3) is 0.250. The van der Waals surface area contributed by atoms with E-state index < -0.39 is 10.0 Å². The van der Waals surface area contributed by atoms with Crippen LogP contribution < -0.4 is 15.4 Å². The maximum atomic E-state index is 12.1. The van der Waals surface area contributed by atoms with Crippen LogP contribution in [0.2, 0.25) is 0 Å². The number of guanidine groups is 1. The minimum absolute atomic E-state index is 0. The highest BCUT2D eigenvalue weighted by Crippen LogP contribution is 2.06. The normalized spacial score (nSPS) is 11.5. The maximum Gasteiger partial charge on any atom is 0.240 e. The monoisotopic (exact) mass is 475 g/mol. The quantitative estimate of drug-likeness (QED) is 0.243. The molecule has 0 aliphatic rings. The second-order valence-electron chi connectivity index (χ2n) is 4.88. The molecule has 0 atom stereocenters. The van der Waals surface area contributed by atoms with E-state index in [2.05, 4.69) is 25.3 Å². The van der Waals surface area contributed by atoms with E-state index in [1.54, 1.807) is 43.6 Å². The Bertz CT molecular complexity index is 755. The lowest BCUT2D eigenvalue weighted by atomic mass is 10.3. The first-order valence-corrected chi connectivity index (χ1v) is 8.99. The van der Waals surface area contributed by atoms with Gasteiger partial charge in [-0.15, -0.1) is 24.0 Å². The Morgan fingerprint density at radius 3 is 2.40 bits per heavy atom. The van der Waals surface area contributed by atoms with Crippen molar-refractivity contribution < 1.29 is 8.42 Å². The van der Waals surface area contributed by atoms with Crippen LogP contribution in [0.5, 0.6) is 0 Å². The van der Waals surface area contributed by atoms with E-state index in [1.807, 2.05) is 18.2 Å². The van der Waals surface area contributed by atoms with Crippen LogP contribution in [0.25, 0.3) is 0 Å². The number of halogens is 1. The summed E-state index contributed by atoms with van der Waals surface area (Å²) in [7, 11) is -1.83. The largest absolute Gasteiger partial charge is 0.355 e. The summed E-state index contributed by atoms with van der Waals surface area (Å²) < 4.78 is 26.7. The first-order valence-electron chi connectivity index (χ1n) is 7.51. The molecule has 0 saturated carbocycles. The molecule has 0 saturated heterocycles. The smallest absolute Gasteiger partial charge is 0.240 e. The molecule has 2 rings (SSSR count). The second kappa shape index (κ2) is 11.0. The van der Waals surface area contributed by atoms with Crippen molar-refractivity contribution in [2.24, 2.45) is 4.99 Å². The number of pyridine rings is 1. The molecular weight excluding hydrogens is 453 g/mol. The summed E-state index contributed by atoms with van der Waals surface area (Å²) >= 11 is 0. The van der Waals surface area contributed by atoms with Gasteiger partial charge in [-0.2, -0.15) is 0 Å². The molecule has 0 unspecified atom stereocenters. The molecule has 9 heteroatoms. The van der Waals surface area contributed by atoms with Gasteiger partial charge in [-0.1, -0.05) is 24.3 Å². The highest BCUT2D eigenvalue weighted by atomic mass is 127. The highest BCUT2D eigenvalue weighted by molar-refractivity contribution is 14.0. The lowest BCUT2D eigenvalue weighted by Crippen LogP contribution is -2.41. The van der Waals surface area contributed by atoms with Gasteiger partial charge in [0.05, 0.1) is 17.1 Å². The van der Waals surface area contributed by atoms with Crippen LogP contribution in [0.1, 0.15) is 5.69 Å². The maximum absolute atomic E-state index is 12.1. The van der Waals surface area contributed by atoms with Crippen LogP contribution in [0.15, 0.2) is 64.6 Å². The van der Waals surface area contributed by atoms with Crippen molar-refractivity contribution in [3.05, 3.63) is 60.4 Å². The molecule has 0 aliphatic heterocycles. The van der Waals surface area contributed by atoms with Crippen molar-refractivity contribution in [2.75, 3.05) is 20.1 Å². The van der Waals surface area contributed by atoms with Crippen LogP contribution in [0, 0.1) is 0 Å². The first-order chi connectivity index (χ1) is 11.6. The topological polar surface area (TPSA) is 95.5 Å². The number of aliphatic imine (C=N–C) groups is 1. The van der Waals surface area contributed by atoms with E-state index in [9.17, 15) is 8.42 Å². The number of hydrogen-bond acceptors (Lipinski definition) is 4. The second-order valence-corrected chi connectivity index (χ2v) is 6.65. The molecule has 0 radical (unpaired) electrons. The number of rotatable bonds is 7. The summed E-state index contributed by atoms with van der Waals surface area (Å²) in [5.41, 5.74) is 0.894. The minimum Gasteiger partial charge on any atom is -0.355 e. The van der Waals surface area contributed by atoms with Crippen LogP contribution in [0.4, 0.5) is 0 Å². The van der Waals surface area contributed by atoms with Gasteiger partial charge in [0, 0.05) is 26.3 Å². The van der Waals surface area contributed by atoms with E-state index in [0.29, 0.717) is 19.0 Å². The van der Waals surface area contributed by atoms with Gasteiger partial charge in [-0.05, 0) is 24.3 Å². The van der Waals surface area contributed by atoms with E-state index in [-0.39, 0.29) is 35.4 Å². The van der Waals surface area contributed by atoms with Crippen molar-refractivity contribution in [2.45, 2.75) is 11.4 Å². The molecule has 0 bridgehead atoms. The molecule has 1 aromatic heterocycles. The SMILES string of the molecule is CN=C(NCCNS(=O)(=O)c1ccccc1)NCc1ccccn1.I. The Balaban J connectivity index is 0.00000312. The van der Waals surface area contributed by atoms with Gasteiger partial charge in [0.25, 0.3) is 0 Å². The van der Waals surface area contributed by atoms with Gasteiger partial charge in [0.1, 0.15) is 0 Å². The number of hydrogen-bond donors (Lipinski definition) is 3. The number of benzene rings is 1. The van der Waals surface area contributed by atoms with Gasteiger partial charge < -0.3 is 10.6 Å². The molecule has 0 spiro atoms. The summed E-state index contributed by atoms with van der Waals surface area (Å²) in [6, 6.07) is 14.0. The number of sulfonamides is 1. The molecule has 0 aliphatic carbocycles. The summed E-state index contributed by atoms with van der Waals surface area (Å²) in [5.74, 6) is 0.583. The molecule has 136 valence electrons. The van der Waals surface area contributed by atoms with Crippen molar-refractivity contribution in [1.29, 1.82) is 0 Å². The first kappa shape index (κ1) is 21.3. The van der Waals surface area contributed by atoms with E-state index in [1.165, 1.54) is 0 Å². The molecule has 1 heterocycles. The predicted octanol–water partition coefficient (Wildman–Crippen LogP) is 1.34. The van der Waals surface area contributed by atoms with Gasteiger partial charge in [-0.3, -0.25) is 9.98 Å². The van der Waals surface area contributed by atoms with Gasteiger partial charge in [-0.25, -0.2) is 13.1 Å². The molecule has 0 fully saturated rings. The summed E-state index contributed by atoms with van der Waals surface area (Å²) in [6.07, 6.45) is 1.73. The third-order valence-electron chi connectivity index (χ3n) is 3.15. The molecule has 1 aromatic carbocycles. The average molecular weight is 475 g/mol. The van der Waals surface area contributed by atoms with Crippen LogP contribution in [0.3, 0.4) is 0 Å². The molecular formula is C16H22IN5O2S. The summed E-state index contributed by atoms with van der Waals surface area (Å²) in [6.45, 7) is 1.20. The fourth-order valence-corrected chi connectivity index (χ4v) is 3.00. The van der Waals surface area contributed by atoms with Crippen molar-refractivity contribution in [1.82, 2.24) is 20.3 Å². The Kier molecular flexibility index (Phi) is 9.39. The Morgan fingerprint density at radius 2 is 1.76 bits per heavy atom. The van der Waals surface area contributed by atoms with Crippen LogP contribution in [-0.4, -0.2) is 39.5 Å². The van der Waals surface area contributed by atoms with E-state index >= 15 is 0 Å². The lowest BCUT2D eigenvalue weighted by Gasteiger charge is -2.12. The minimum atomic E-state index is -3.48. The standard InChI is InChI=1S/C16H21N5O2S.HI/c1-17-16(20-13-14-7-5-6-10-18-14)19-11-12-21-24(22,23)15-8-3-2-4-9-15;/h2-10,21H,11-13H2,1H3,(H2,17,19,20);1H. The summed E-state index contributed by atoms with van der Waals surface area (Å²) in [5, 5.41) is 6.16. The molecule has 2 aromatic rings. The van der Waals surface area contributed by atoms with Crippen LogP contribution in [-0.2, 0) is 16.6 Å². The molecule has 0 amide bonds. The van der Waals surface area contributed by atoms with E-state index in [4.69, 9.17) is 0 Å². The van der Waals surface area contributed by atoms with Crippen LogP contribution >= 0.6 is 24.0 Å². The highest BCUT2D eigenvalue weighted by Gasteiger charge is 2.11. The Morgan fingerprint density at radius 1 is 1.04 bits per heavy atom. The van der Waals surface area contributed by atoms with E-state index in [0.717, 1.165) is 5.69 Å². The van der Waals surface area contributed by atoms with Gasteiger partial charge >= 0.3 is 0 Å². The predicted molar refractivity (Wildman–Crippen MR) is 109 cm³/mol. The Hall–Kier alpha value is -1.72. The van der Waals surface area contributed by atoms with Crippen molar-refractivity contribution in [3.63, 3.8) is 0 Å². The molecule has 3 N–H and O–H groups in total. The third kappa shape index (κ3) is 7.36. The van der Waals surface area contributed by atoms with Crippen molar-refractivity contribution in [3.8, 4) is 0 Å². The number of aromatic nitrogens is 1. The van der Waals surface area contributed by atoms with Gasteiger partial charge in [0.2, 0.25) is 10.0 Å². The lowest BCUT2D eigenvalue weighted by molar-refractivity contribution is 0.580. The van der Waals surface area contributed by atoms with Gasteiger partial charge in [0.15, 0.2) is 5.96 Å². The fourth-order valence-electron chi connectivity index (χ4n) is 1.95. The Labute approximate surface area is 165 Å². The zero-order valence-corrected chi connectivity index (χ0v) is 17.0.